The van der Waals surface area contributed by atoms with Gasteiger partial charge in [0.1, 0.15) is 0 Å². The van der Waals surface area contributed by atoms with Gasteiger partial charge < -0.3 is 9.15 Å². The fourth-order valence-corrected chi connectivity index (χ4v) is 3.71. The van der Waals surface area contributed by atoms with E-state index in [1.165, 1.54) is 12.1 Å². The summed E-state index contributed by atoms with van der Waals surface area (Å²) in [6.45, 7) is 3.46. The average Bonchev–Trinajstić information content (AvgIpc) is 3.18. The maximum atomic E-state index is 12.3. The van der Waals surface area contributed by atoms with Crippen LogP contribution in [0.25, 0.3) is 11.5 Å². The van der Waals surface area contributed by atoms with Gasteiger partial charge in [0.05, 0.1) is 17.1 Å². The Bertz CT molecular complexity index is 1040. The number of aryl methyl sites for hydroxylation is 1. The molecule has 1 heterocycles. The largest absolute Gasteiger partial charge is 0.453 e. The fourth-order valence-electron chi connectivity index (χ4n) is 2.48. The van der Waals surface area contributed by atoms with Crippen molar-refractivity contribution in [2.45, 2.75) is 31.3 Å². The highest BCUT2D eigenvalue weighted by Gasteiger charge is 2.21. The van der Waals surface area contributed by atoms with Gasteiger partial charge in [-0.1, -0.05) is 35.9 Å². The monoisotopic (exact) mass is 400 g/mol. The molecule has 0 saturated heterocycles. The number of hydrogen-bond acceptors (Lipinski definition) is 7. The molecule has 1 aromatic heterocycles. The lowest BCUT2D eigenvalue weighted by Gasteiger charge is -2.10. The molecule has 0 radical (unpaired) electrons. The van der Waals surface area contributed by atoms with Crippen molar-refractivity contribution in [3.63, 3.8) is 0 Å². The second-order valence-corrected chi connectivity index (χ2v) is 8.43. The summed E-state index contributed by atoms with van der Waals surface area (Å²) in [7, 11) is -3.56. The molecule has 0 N–H and O–H groups in total. The molecule has 0 amide bonds. The molecule has 2 aromatic carbocycles. The molecule has 0 spiro atoms. The van der Waals surface area contributed by atoms with Crippen LogP contribution in [-0.4, -0.2) is 30.3 Å². The van der Waals surface area contributed by atoms with Gasteiger partial charge in [0, 0.05) is 5.56 Å². The molecule has 0 saturated carbocycles. The minimum atomic E-state index is -3.56. The van der Waals surface area contributed by atoms with Crippen molar-refractivity contribution in [1.82, 2.24) is 10.2 Å². The number of nitrogens with zero attached hydrogens (tertiary/aromatic N) is 2. The Morgan fingerprint density at radius 1 is 1.07 bits per heavy atom. The summed E-state index contributed by atoms with van der Waals surface area (Å²) < 4.78 is 35.4. The number of benzene rings is 2. The summed E-state index contributed by atoms with van der Waals surface area (Å²) in [5.74, 6) is -0.516. The van der Waals surface area contributed by atoms with Crippen molar-refractivity contribution in [2.24, 2.45) is 0 Å². The van der Waals surface area contributed by atoms with Crippen LogP contribution in [0.3, 0.4) is 0 Å². The first-order chi connectivity index (χ1) is 13.3. The molecular formula is C20H20N2O5S. The van der Waals surface area contributed by atoms with Gasteiger partial charge in [-0.15, -0.1) is 10.2 Å². The van der Waals surface area contributed by atoms with Crippen LogP contribution < -0.4 is 0 Å². The Labute approximate surface area is 163 Å². The van der Waals surface area contributed by atoms with Crippen LogP contribution in [0.4, 0.5) is 0 Å². The molecule has 28 heavy (non-hydrogen) atoms. The molecular weight excluding hydrogens is 380 g/mol. The van der Waals surface area contributed by atoms with E-state index in [9.17, 15) is 13.2 Å². The maximum absolute atomic E-state index is 12.3. The van der Waals surface area contributed by atoms with E-state index in [4.69, 9.17) is 9.15 Å². The van der Waals surface area contributed by atoms with Crippen LogP contribution in [0.2, 0.25) is 0 Å². The predicted molar refractivity (Wildman–Crippen MR) is 102 cm³/mol. The van der Waals surface area contributed by atoms with Crippen LogP contribution in [0, 0.1) is 6.92 Å². The van der Waals surface area contributed by atoms with Gasteiger partial charge in [-0.05, 0) is 38.1 Å². The molecule has 3 rings (SSSR count). The molecule has 146 valence electrons. The van der Waals surface area contributed by atoms with Gasteiger partial charge in [-0.2, -0.15) is 0 Å². The Balaban J connectivity index is 1.57. The molecule has 3 aromatic rings. The van der Waals surface area contributed by atoms with Gasteiger partial charge in [0.25, 0.3) is 5.89 Å². The highest BCUT2D eigenvalue weighted by molar-refractivity contribution is 7.91. The molecule has 0 fully saturated rings. The number of sulfone groups is 1. The first kappa shape index (κ1) is 19.8. The van der Waals surface area contributed by atoms with E-state index in [0.717, 1.165) is 11.1 Å². The van der Waals surface area contributed by atoms with Crippen LogP contribution in [0.15, 0.2) is 63.9 Å². The summed E-state index contributed by atoms with van der Waals surface area (Å²) in [5.41, 5.74) is 1.71. The van der Waals surface area contributed by atoms with Crippen LogP contribution in [0.1, 0.15) is 30.9 Å². The van der Waals surface area contributed by atoms with Crippen molar-refractivity contribution in [1.29, 1.82) is 0 Å². The molecule has 1 atom stereocenters. The summed E-state index contributed by atoms with van der Waals surface area (Å²) in [4.78, 5) is 12.2. The minimum Gasteiger partial charge on any atom is -0.453 e. The number of carbonyl (C=O) groups excluding carboxylic acids is 1. The molecule has 0 unspecified atom stereocenters. The number of ether oxygens (including phenoxy) is 1. The van der Waals surface area contributed by atoms with Gasteiger partial charge in [0.2, 0.25) is 5.89 Å². The lowest BCUT2D eigenvalue weighted by molar-refractivity contribution is -0.149. The summed E-state index contributed by atoms with van der Waals surface area (Å²) in [6.07, 6.45) is -1.04. The lowest BCUT2D eigenvalue weighted by atomic mass is 10.2. The topological polar surface area (TPSA) is 99.4 Å². The van der Waals surface area contributed by atoms with Crippen molar-refractivity contribution in [2.75, 3.05) is 5.75 Å². The Hall–Kier alpha value is -3.00. The van der Waals surface area contributed by atoms with E-state index in [0.29, 0.717) is 5.89 Å². The van der Waals surface area contributed by atoms with E-state index in [1.54, 1.807) is 19.1 Å². The van der Waals surface area contributed by atoms with Crippen molar-refractivity contribution in [3.05, 3.63) is 66.1 Å². The fraction of sp³-hybridized carbons (Fsp3) is 0.250. The Kier molecular flexibility index (Phi) is 5.89. The number of hydrogen-bond donors (Lipinski definition) is 0. The minimum absolute atomic E-state index is 0.147. The van der Waals surface area contributed by atoms with E-state index in [2.05, 4.69) is 10.2 Å². The highest BCUT2D eigenvalue weighted by Crippen LogP contribution is 2.22. The van der Waals surface area contributed by atoms with E-state index in [-0.39, 0.29) is 23.0 Å². The Morgan fingerprint density at radius 2 is 1.75 bits per heavy atom. The first-order valence-electron chi connectivity index (χ1n) is 8.73. The van der Waals surface area contributed by atoms with Gasteiger partial charge in [-0.25, -0.2) is 8.42 Å². The second kappa shape index (κ2) is 8.35. The van der Waals surface area contributed by atoms with Crippen LogP contribution in [-0.2, 0) is 19.4 Å². The van der Waals surface area contributed by atoms with E-state index in [1.807, 2.05) is 37.3 Å². The normalized spacial score (nSPS) is 12.5. The summed E-state index contributed by atoms with van der Waals surface area (Å²) in [5, 5.41) is 7.84. The second-order valence-electron chi connectivity index (χ2n) is 6.33. The zero-order chi connectivity index (χ0) is 20.1. The van der Waals surface area contributed by atoms with Crippen LogP contribution >= 0.6 is 0 Å². The standard InChI is InChI=1S/C20H20N2O5S/c1-14-8-10-17(11-9-14)28(24,25)13-12-18(23)26-15(2)19-21-22-20(27-19)16-6-4-3-5-7-16/h3-11,15H,12-13H2,1-2H3/t15-/m0/s1. The third-order valence-corrected chi connectivity index (χ3v) is 5.80. The van der Waals surface area contributed by atoms with Crippen molar-refractivity contribution in [3.8, 4) is 11.5 Å². The molecule has 0 aliphatic carbocycles. The molecule has 7 nitrogen and oxygen atoms in total. The quantitative estimate of drug-likeness (QED) is 0.560. The molecule has 0 aliphatic heterocycles. The number of aromatic nitrogens is 2. The predicted octanol–water partition coefficient (Wildman–Crippen LogP) is 3.51. The third kappa shape index (κ3) is 4.83. The number of carbonyl (C=O) groups is 1. The number of rotatable bonds is 7. The first-order valence-corrected chi connectivity index (χ1v) is 10.4. The molecule has 0 bridgehead atoms. The van der Waals surface area contributed by atoms with Crippen molar-refractivity contribution >= 4 is 15.8 Å². The maximum Gasteiger partial charge on any atom is 0.307 e. The van der Waals surface area contributed by atoms with Gasteiger partial charge in [-0.3, -0.25) is 4.79 Å². The van der Waals surface area contributed by atoms with E-state index >= 15 is 0 Å². The zero-order valence-corrected chi connectivity index (χ0v) is 16.3. The summed E-state index contributed by atoms with van der Waals surface area (Å²) >= 11 is 0. The summed E-state index contributed by atoms with van der Waals surface area (Å²) in [6, 6.07) is 15.7. The van der Waals surface area contributed by atoms with E-state index < -0.39 is 21.9 Å². The van der Waals surface area contributed by atoms with Crippen molar-refractivity contribution < 1.29 is 22.4 Å². The van der Waals surface area contributed by atoms with Gasteiger partial charge in [0.15, 0.2) is 15.9 Å². The highest BCUT2D eigenvalue weighted by atomic mass is 32.2. The number of esters is 1. The average molecular weight is 400 g/mol. The molecule has 0 aliphatic rings. The van der Waals surface area contributed by atoms with Gasteiger partial charge >= 0.3 is 5.97 Å². The lowest BCUT2D eigenvalue weighted by Crippen LogP contribution is -2.15. The SMILES string of the molecule is Cc1ccc(S(=O)(=O)CCC(=O)O[C@@H](C)c2nnc(-c3ccccc3)o2)cc1. The smallest absolute Gasteiger partial charge is 0.307 e. The molecule has 8 heteroatoms. The zero-order valence-electron chi connectivity index (χ0n) is 15.5. The van der Waals surface area contributed by atoms with Crippen LogP contribution in [0.5, 0.6) is 0 Å². The third-order valence-electron chi connectivity index (χ3n) is 4.07. The Morgan fingerprint density at radius 3 is 2.43 bits per heavy atom.